The van der Waals surface area contributed by atoms with Gasteiger partial charge in [0.15, 0.2) is 0 Å². The van der Waals surface area contributed by atoms with Gasteiger partial charge in [0.1, 0.15) is 0 Å². The summed E-state index contributed by atoms with van der Waals surface area (Å²) in [5.74, 6) is -0.0308. The molecule has 0 bridgehead atoms. The molecule has 0 heterocycles. The van der Waals surface area contributed by atoms with Crippen LogP contribution in [-0.4, -0.2) is 47.4 Å². The topological polar surface area (TPSA) is 95.9 Å². The minimum atomic E-state index is -0.666. The van der Waals surface area contributed by atoms with Gasteiger partial charge in [0.05, 0.1) is 25.4 Å². The fourth-order valence-corrected chi connectivity index (χ4v) is 9.46. The summed E-state index contributed by atoms with van der Waals surface area (Å²) in [5, 5.41) is 23.1. The third-order valence-corrected chi connectivity index (χ3v) is 14.1. The Morgan fingerprint density at radius 2 is 0.712 bits per heavy atom. The highest BCUT2D eigenvalue weighted by Crippen LogP contribution is 2.17. The molecule has 0 aliphatic carbocycles. The van der Waals surface area contributed by atoms with Crippen LogP contribution in [0.1, 0.15) is 335 Å². The molecule has 2 unspecified atom stereocenters. The monoisotopic (exact) mass is 932 g/mol. The molecule has 6 heteroatoms. The Kier molecular flexibility index (Phi) is 55.0. The molecule has 0 aromatic carbocycles. The zero-order valence-corrected chi connectivity index (χ0v) is 44.7. The number of ether oxygens (including phenoxy) is 1. The van der Waals surface area contributed by atoms with Crippen molar-refractivity contribution < 1.29 is 24.5 Å². The van der Waals surface area contributed by atoms with Gasteiger partial charge in [-0.25, -0.2) is 0 Å². The number of nitrogens with one attached hydrogen (secondary N) is 1. The number of hydrogen-bond donors (Lipinski definition) is 3. The van der Waals surface area contributed by atoms with Crippen LogP contribution in [-0.2, 0) is 14.3 Å². The van der Waals surface area contributed by atoms with Crippen molar-refractivity contribution in [3.8, 4) is 0 Å². The number of hydrogen-bond acceptors (Lipinski definition) is 5. The fourth-order valence-electron chi connectivity index (χ4n) is 9.46. The quantitative estimate of drug-likeness (QED) is 0.0321. The highest BCUT2D eigenvalue weighted by molar-refractivity contribution is 5.76. The predicted molar refractivity (Wildman–Crippen MR) is 287 cm³/mol. The maximum Gasteiger partial charge on any atom is 0.305 e. The van der Waals surface area contributed by atoms with E-state index in [1.165, 1.54) is 263 Å². The smallest absolute Gasteiger partial charge is 0.305 e. The molecule has 0 radical (unpaired) electrons. The summed E-state index contributed by atoms with van der Waals surface area (Å²) < 4.78 is 5.50. The summed E-state index contributed by atoms with van der Waals surface area (Å²) in [4.78, 5) is 24.5. The summed E-state index contributed by atoms with van der Waals surface area (Å²) in [6, 6.07) is -0.544. The lowest BCUT2D eigenvalue weighted by Crippen LogP contribution is -2.45. The molecule has 6 nitrogen and oxygen atoms in total. The van der Waals surface area contributed by atoms with Crippen molar-refractivity contribution in [2.45, 2.75) is 347 Å². The van der Waals surface area contributed by atoms with Gasteiger partial charge in [-0.1, -0.05) is 283 Å². The second kappa shape index (κ2) is 56.2. The molecule has 0 aliphatic heterocycles. The Morgan fingerprint density at radius 1 is 0.409 bits per heavy atom. The summed E-state index contributed by atoms with van der Waals surface area (Å²) in [6.07, 6.45) is 66.5. The van der Waals surface area contributed by atoms with Gasteiger partial charge in [0.2, 0.25) is 5.91 Å². The lowest BCUT2D eigenvalue weighted by Gasteiger charge is -2.22. The number of aliphatic hydroxyl groups excluding tert-OH is 2. The van der Waals surface area contributed by atoms with Gasteiger partial charge in [-0.3, -0.25) is 9.59 Å². The number of unbranched alkanes of at least 4 members (excludes halogenated alkanes) is 43. The number of carbonyl (C=O) groups is 2. The lowest BCUT2D eigenvalue weighted by molar-refractivity contribution is -0.143. The van der Waals surface area contributed by atoms with E-state index in [9.17, 15) is 19.8 Å². The third-order valence-electron chi connectivity index (χ3n) is 14.1. The molecular weight excluding hydrogens is 815 g/mol. The molecule has 0 spiro atoms. The number of allylic oxidation sites excluding steroid dienone is 2. The van der Waals surface area contributed by atoms with Crippen LogP contribution in [0, 0.1) is 0 Å². The van der Waals surface area contributed by atoms with Gasteiger partial charge < -0.3 is 20.3 Å². The van der Waals surface area contributed by atoms with Crippen molar-refractivity contribution in [1.82, 2.24) is 5.32 Å². The molecule has 0 fully saturated rings. The predicted octanol–water partition coefficient (Wildman–Crippen LogP) is 18.5. The van der Waals surface area contributed by atoms with E-state index in [0.717, 1.165) is 38.5 Å². The van der Waals surface area contributed by atoms with E-state index in [0.29, 0.717) is 25.9 Å². The molecule has 0 aromatic rings. The Balaban J connectivity index is 3.36. The lowest BCUT2D eigenvalue weighted by atomic mass is 10.0. The molecule has 0 rings (SSSR count). The summed E-state index contributed by atoms with van der Waals surface area (Å²) in [5.41, 5.74) is 0. The number of amides is 1. The van der Waals surface area contributed by atoms with Gasteiger partial charge >= 0.3 is 5.97 Å². The van der Waals surface area contributed by atoms with E-state index in [1.54, 1.807) is 0 Å². The van der Waals surface area contributed by atoms with E-state index >= 15 is 0 Å². The Morgan fingerprint density at radius 3 is 1.08 bits per heavy atom. The Hall–Kier alpha value is -1.40. The zero-order valence-electron chi connectivity index (χ0n) is 44.7. The van der Waals surface area contributed by atoms with Gasteiger partial charge in [0, 0.05) is 12.8 Å². The molecule has 2 atom stereocenters. The Labute approximate surface area is 412 Å². The standard InChI is InChI=1S/C60H117NO5/c1-3-5-7-9-11-13-14-15-16-17-21-25-28-31-34-38-42-46-50-54-60(65)66-55-51-47-43-39-35-32-29-26-23-20-18-19-22-24-27-30-33-37-41-45-49-53-59(64)61-57(56-62)58(63)52-48-44-40-36-12-10-8-6-4-2/h19,22,57-58,62-63H,3-18,20-21,23-56H2,1-2H3,(H,61,64)/b22-19-. The molecule has 3 N–H and O–H groups in total. The summed E-state index contributed by atoms with van der Waals surface area (Å²) >= 11 is 0. The summed E-state index contributed by atoms with van der Waals surface area (Å²) in [7, 11) is 0. The van der Waals surface area contributed by atoms with E-state index in [4.69, 9.17) is 4.74 Å². The fraction of sp³-hybridized carbons (Fsp3) is 0.933. The van der Waals surface area contributed by atoms with E-state index < -0.39 is 12.1 Å². The van der Waals surface area contributed by atoms with Crippen molar-refractivity contribution in [3.05, 3.63) is 12.2 Å². The maximum absolute atomic E-state index is 12.4. The average Bonchev–Trinajstić information content (AvgIpc) is 3.32. The first-order valence-corrected chi connectivity index (χ1v) is 29.9. The van der Waals surface area contributed by atoms with Gasteiger partial charge in [-0.2, -0.15) is 0 Å². The first kappa shape index (κ1) is 64.6. The van der Waals surface area contributed by atoms with Crippen LogP contribution in [0.15, 0.2) is 12.2 Å². The van der Waals surface area contributed by atoms with Crippen LogP contribution in [0.3, 0.4) is 0 Å². The minimum absolute atomic E-state index is 0.0133. The molecule has 66 heavy (non-hydrogen) atoms. The van der Waals surface area contributed by atoms with Gasteiger partial charge in [-0.05, 0) is 51.4 Å². The summed E-state index contributed by atoms with van der Waals surface area (Å²) in [6.45, 7) is 4.95. The van der Waals surface area contributed by atoms with Crippen molar-refractivity contribution in [3.63, 3.8) is 0 Å². The number of carbonyl (C=O) groups excluding carboxylic acids is 2. The highest BCUT2D eigenvalue weighted by atomic mass is 16.5. The van der Waals surface area contributed by atoms with E-state index in [2.05, 4.69) is 31.3 Å². The van der Waals surface area contributed by atoms with Crippen molar-refractivity contribution in [2.75, 3.05) is 13.2 Å². The van der Waals surface area contributed by atoms with Crippen LogP contribution < -0.4 is 5.32 Å². The van der Waals surface area contributed by atoms with Gasteiger partial charge in [0.25, 0.3) is 0 Å². The zero-order chi connectivity index (χ0) is 47.9. The number of esters is 1. The molecule has 0 aliphatic rings. The molecule has 0 saturated heterocycles. The van der Waals surface area contributed by atoms with Crippen LogP contribution >= 0.6 is 0 Å². The second-order valence-electron chi connectivity index (χ2n) is 20.7. The SMILES string of the molecule is CCCCCCCCCCCCCCCCCCCCCC(=O)OCCCCCCCCCCCC/C=C\CCCCCCCCCC(=O)NC(CO)C(O)CCCCCCCCCCC. The van der Waals surface area contributed by atoms with E-state index in [-0.39, 0.29) is 18.5 Å². The van der Waals surface area contributed by atoms with Crippen LogP contribution in [0.2, 0.25) is 0 Å². The molecule has 0 aromatic heterocycles. The third kappa shape index (κ3) is 52.0. The molecule has 1 amide bonds. The first-order valence-electron chi connectivity index (χ1n) is 29.9. The van der Waals surface area contributed by atoms with E-state index in [1.807, 2.05) is 0 Å². The minimum Gasteiger partial charge on any atom is -0.466 e. The van der Waals surface area contributed by atoms with Crippen molar-refractivity contribution in [1.29, 1.82) is 0 Å². The number of aliphatic hydroxyl groups is 2. The maximum atomic E-state index is 12.4. The normalized spacial score (nSPS) is 12.6. The molecule has 0 saturated carbocycles. The van der Waals surface area contributed by atoms with Crippen molar-refractivity contribution in [2.24, 2.45) is 0 Å². The Bertz CT molecular complexity index is 986. The average molecular weight is 933 g/mol. The largest absolute Gasteiger partial charge is 0.466 e. The molecular formula is C60H117NO5. The second-order valence-corrected chi connectivity index (χ2v) is 20.7. The van der Waals surface area contributed by atoms with Gasteiger partial charge in [-0.15, -0.1) is 0 Å². The molecule has 392 valence electrons. The van der Waals surface area contributed by atoms with Crippen LogP contribution in [0.25, 0.3) is 0 Å². The first-order chi connectivity index (χ1) is 32.5. The van der Waals surface area contributed by atoms with Crippen LogP contribution in [0.5, 0.6) is 0 Å². The van der Waals surface area contributed by atoms with Crippen molar-refractivity contribution >= 4 is 11.9 Å². The highest BCUT2D eigenvalue weighted by Gasteiger charge is 2.20. The number of rotatable bonds is 56. The van der Waals surface area contributed by atoms with Crippen LogP contribution in [0.4, 0.5) is 0 Å².